The molecule has 1 fully saturated rings. The first kappa shape index (κ1) is 16.3. The third kappa shape index (κ3) is 3.54. The number of ether oxygens (including phenoxy) is 2. The van der Waals surface area contributed by atoms with Crippen molar-refractivity contribution in [2.45, 2.75) is 45.1 Å². The molecule has 4 nitrogen and oxygen atoms in total. The maximum Gasteiger partial charge on any atom is 0.160 e. The van der Waals surface area contributed by atoms with Crippen LogP contribution in [0.5, 0.6) is 0 Å². The summed E-state index contributed by atoms with van der Waals surface area (Å²) in [6.45, 7) is 4.36. The smallest absolute Gasteiger partial charge is 0.160 e. The van der Waals surface area contributed by atoms with Crippen LogP contribution in [0.15, 0.2) is 48.3 Å². The van der Waals surface area contributed by atoms with E-state index in [0.29, 0.717) is 0 Å². The molecule has 0 spiro atoms. The van der Waals surface area contributed by atoms with Crippen LogP contribution in [-0.4, -0.2) is 35.7 Å². The molecular formula is C19H27NO3. The van der Waals surface area contributed by atoms with Gasteiger partial charge in [-0.1, -0.05) is 25.2 Å². The number of aliphatic hydroxyl groups is 1. The Balaban J connectivity index is 1.87. The molecule has 4 heteroatoms. The lowest BCUT2D eigenvalue weighted by atomic mass is 9.77. The van der Waals surface area contributed by atoms with Gasteiger partial charge in [-0.25, -0.2) is 0 Å². The number of nitrogens with zero attached hydrogens (tertiary/aromatic N) is 1. The lowest BCUT2D eigenvalue weighted by molar-refractivity contribution is 0.0125. The van der Waals surface area contributed by atoms with Gasteiger partial charge in [-0.3, -0.25) is 4.90 Å². The zero-order valence-electron chi connectivity index (χ0n) is 13.9. The van der Waals surface area contributed by atoms with Crippen LogP contribution < -0.4 is 0 Å². The first-order chi connectivity index (χ1) is 11.3. The van der Waals surface area contributed by atoms with Gasteiger partial charge in [0, 0.05) is 18.6 Å². The van der Waals surface area contributed by atoms with Gasteiger partial charge in [0.1, 0.15) is 18.8 Å². The van der Waals surface area contributed by atoms with E-state index in [1.165, 1.54) is 5.57 Å². The molecule has 0 aromatic rings. The highest BCUT2D eigenvalue weighted by molar-refractivity contribution is 5.30. The van der Waals surface area contributed by atoms with Crippen molar-refractivity contribution in [1.82, 2.24) is 4.90 Å². The summed E-state index contributed by atoms with van der Waals surface area (Å²) in [5.74, 6) is 0.846. The summed E-state index contributed by atoms with van der Waals surface area (Å²) in [5, 5.41) is 9.93. The minimum absolute atomic E-state index is 0.00743. The van der Waals surface area contributed by atoms with Gasteiger partial charge in [0.25, 0.3) is 0 Å². The predicted octanol–water partition coefficient (Wildman–Crippen LogP) is 3.48. The fraction of sp³-hybridized carbons (Fsp3) is 0.579. The topological polar surface area (TPSA) is 41.9 Å². The van der Waals surface area contributed by atoms with Crippen LogP contribution in [0.25, 0.3) is 0 Å². The second-order valence-electron chi connectivity index (χ2n) is 6.74. The van der Waals surface area contributed by atoms with Gasteiger partial charge in [0.15, 0.2) is 5.76 Å². The molecule has 1 N–H and O–H groups in total. The Kier molecular flexibility index (Phi) is 5.23. The summed E-state index contributed by atoms with van der Waals surface area (Å²) in [7, 11) is 0. The molecule has 2 unspecified atom stereocenters. The largest absolute Gasteiger partial charge is 0.466 e. The van der Waals surface area contributed by atoms with Crippen LogP contribution >= 0.6 is 0 Å². The quantitative estimate of drug-likeness (QED) is 0.843. The normalized spacial score (nSPS) is 29.3. The number of allylic oxidation sites excluding steroid dienone is 3. The van der Waals surface area contributed by atoms with Gasteiger partial charge < -0.3 is 14.6 Å². The van der Waals surface area contributed by atoms with Crippen molar-refractivity contribution in [3.8, 4) is 0 Å². The third-order valence-corrected chi connectivity index (χ3v) is 5.33. The van der Waals surface area contributed by atoms with Gasteiger partial charge >= 0.3 is 0 Å². The molecule has 1 aliphatic carbocycles. The zero-order chi connectivity index (χ0) is 16.1. The summed E-state index contributed by atoms with van der Waals surface area (Å²) < 4.78 is 11.1. The molecule has 2 aliphatic heterocycles. The zero-order valence-corrected chi connectivity index (χ0v) is 13.9. The predicted molar refractivity (Wildman–Crippen MR) is 90.3 cm³/mol. The highest BCUT2D eigenvalue weighted by Gasteiger charge is 2.38. The van der Waals surface area contributed by atoms with Crippen LogP contribution in [0.1, 0.15) is 39.0 Å². The van der Waals surface area contributed by atoms with E-state index in [9.17, 15) is 5.11 Å². The molecule has 0 amide bonds. The molecule has 1 saturated heterocycles. The van der Waals surface area contributed by atoms with Crippen LogP contribution in [0.3, 0.4) is 0 Å². The van der Waals surface area contributed by atoms with Crippen LogP contribution in [0, 0.1) is 5.41 Å². The van der Waals surface area contributed by atoms with E-state index in [0.717, 1.165) is 51.0 Å². The maximum absolute atomic E-state index is 9.93. The Morgan fingerprint density at radius 3 is 2.96 bits per heavy atom. The third-order valence-electron chi connectivity index (χ3n) is 5.33. The Bertz CT molecular complexity index is 529. The van der Waals surface area contributed by atoms with Crippen molar-refractivity contribution in [2.24, 2.45) is 5.41 Å². The van der Waals surface area contributed by atoms with E-state index in [1.807, 2.05) is 0 Å². The number of aliphatic hydroxyl groups excluding tert-OH is 1. The SMILES string of the molecule is CCC1(CO)CCCN(C(C2=CC=CCC2)C2=COC=CO2)C1. The molecule has 3 rings (SSSR count). The fourth-order valence-electron chi connectivity index (χ4n) is 3.84. The summed E-state index contributed by atoms with van der Waals surface area (Å²) in [4.78, 5) is 2.46. The summed E-state index contributed by atoms with van der Waals surface area (Å²) in [5.41, 5.74) is 1.37. The average Bonchev–Trinajstić information content (AvgIpc) is 2.64. The highest BCUT2D eigenvalue weighted by atomic mass is 16.5. The molecule has 2 atom stereocenters. The standard InChI is InChI=1S/C19H27NO3/c1-2-19(15-21)9-6-10-20(14-19)18(16-7-4-3-5-8-16)17-13-22-11-12-23-17/h3-4,7,11-13,18,21H,2,5-6,8-10,14-15H2,1H3. The molecular weight excluding hydrogens is 290 g/mol. The molecule has 0 aromatic carbocycles. The molecule has 0 radical (unpaired) electrons. The lowest BCUT2D eigenvalue weighted by Gasteiger charge is -2.45. The number of rotatable bonds is 5. The average molecular weight is 317 g/mol. The fourth-order valence-corrected chi connectivity index (χ4v) is 3.84. The van der Waals surface area contributed by atoms with Crippen LogP contribution in [0.2, 0.25) is 0 Å². The molecule has 0 aromatic heterocycles. The molecule has 126 valence electrons. The van der Waals surface area contributed by atoms with E-state index in [-0.39, 0.29) is 18.1 Å². The Morgan fingerprint density at radius 1 is 1.39 bits per heavy atom. The summed E-state index contributed by atoms with van der Waals surface area (Å²) in [6.07, 6.45) is 16.7. The Morgan fingerprint density at radius 2 is 2.30 bits per heavy atom. The van der Waals surface area contributed by atoms with E-state index in [4.69, 9.17) is 9.47 Å². The maximum atomic E-state index is 9.93. The number of piperidine rings is 1. The molecule has 3 aliphatic rings. The number of hydrogen-bond donors (Lipinski definition) is 1. The van der Waals surface area contributed by atoms with Gasteiger partial charge in [-0.15, -0.1) is 0 Å². The minimum atomic E-state index is 0.00743. The molecule has 2 heterocycles. The first-order valence-corrected chi connectivity index (χ1v) is 8.66. The van der Waals surface area contributed by atoms with Crippen LogP contribution in [0.4, 0.5) is 0 Å². The second-order valence-corrected chi connectivity index (χ2v) is 6.74. The Labute approximate surface area is 138 Å². The lowest BCUT2D eigenvalue weighted by Crippen LogP contribution is -2.50. The van der Waals surface area contributed by atoms with Crippen LogP contribution in [-0.2, 0) is 9.47 Å². The number of likely N-dealkylation sites (tertiary alicyclic amines) is 1. The number of hydrogen-bond acceptors (Lipinski definition) is 4. The van der Waals surface area contributed by atoms with Crippen molar-refractivity contribution < 1.29 is 14.6 Å². The molecule has 23 heavy (non-hydrogen) atoms. The van der Waals surface area contributed by atoms with Gasteiger partial charge in [0.2, 0.25) is 0 Å². The van der Waals surface area contributed by atoms with E-state index in [1.54, 1.807) is 18.8 Å². The van der Waals surface area contributed by atoms with Gasteiger partial charge in [-0.2, -0.15) is 0 Å². The second kappa shape index (κ2) is 7.37. The highest BCUT2D eigenvalue weighted by Crippen LogP contribution is 2.37. The van der Waals surface area contributed by atoms with E-state index < -0.39 is 0 Å². The van der Waals surface area contributed by atoms with Crippen molar-refractivity contribution in [1.29, 1.82) is 0 Å². The minimum Gasteiger partial charge on any atom is -0.466 e. The van der Waals surface area contributed by atoms with E-state index in [2.05, 4.69) is 30.1 Å². The van der Waals surface area contributed by atoms with Gasteiger partial charge in [-0.05, 0) is 44.2 Å². The van der Waals surface area contributed by atoms with Crippen molar-refractivity contribution >= 4 is 0 Å². The van der Waals surface area contributed by atoms with E-state index >= 15 is 0 Å². The molecule has 0 bridgehead atoms. The monoisotopic (exact) mass is 317 g/mol. The van der Waals surface area contributed by atoms with Crippen molar-refractivity contribution in [3.05, 3.63) is 48.3 Å². The summed E-state index contributed by atoms with van der Waals surface area (Å²) >= 11 is 0. The Hall–Kier alpha value is -1.52. The van der Waals surface area contributed by atoms with Crippen molar-refractivity contribution in [2.75, 3.05) is 19.7 Å². The van der Waals surface area contributed by atoms with Gasteiger partial charge in [0.05, 0.1) is 6.04 Å². The summed E-state index contributed by atoms with van der Waals surface area (Å²) in [6, 6.07) is 0.0997. The van der Waals surface area contributed by atoms with Crippen molar-refractivity contribution in [3.63, 3.8) is 0 Å². The first-order valence-electron chi connectivity index (χ1n) is 8.66. The molecule has 0 saturated carbocycles.